The maximum atomic E-state index is 11.7. The number of hydrogen-bond donors (Lipinski definition) is 2. The third-order valence-electron chi connectivity index (χ3n) is 6.40. The van der Waals surface area contributed by atoms with Gasteiger partial charge < -0.3 is 38.5 Å². The van der Waals surface area contributed by atoms with E-state index in [4.69, 9.17) is 33.2 Å². The van der Waals surface area contributed by atoms with E-state index in [0.717, 1.165) is 31.1 Å². The first-order chi connectivity index (χ1) is 19.9. The fraction of sp³-hybridized carbons (Fsp3) is 0.897. The molecule has 0 spiro atoms. The van der Waals surface area contributed by atoms with Gasteiger partial charge in [-0.2, -0.15) is 11.8 Å². The average Bonchev–Trinajstić information content (AvgIpc) is 2.96. The van der Waals surface area contributed by atoms with Crippen molar-refractivity contribution in [3.63, 3.8) is 0 Å². The summed E-state index contributed by atoms with van der Waals surface area (Å²) in [6.07, 6.45) is 2.41. The van der Waals surface area contributed by atoms with E-state index < -0.39 is 14.2 Å². The molecule has 0 saturated carbocycles. The monoisotopic (exact) mass is 640 g/mol. The van der Waals surface area contributed by atoms with Crippen LogP contribution in [-0.4, -0.2) is 91.1 Å². The molecule has 2 atom stereocenters. The van der Waals surface area contributed by atoms with Crippen molar-refractivity contribution in [3.8, 4) is 0 Å². The van der Waals surface area contributed by atoms with E-state index in [1.807, 2.05) is 55.4 Å². The van der Waals surface area contributed by atoms with E-state index in [9.17, 15) is 14.4 Å². The molecule has 0 aromatic carbocycles. The third kappa shape index (κ3) is 21.5. The predicted octanol–water partition coefficient (Wildman–Crippen LogP) is 4.40. The number of primary amides is 1. The van der Waals surface area contributed by atoms with Gasteiger partial charge in [-0.3, -0.25) is 14.4 Å². The van der Waals surface area contributed by atoms with Crippen LogP contribution in [0, 0.1) is 17.3 Å². The molecule has 13 heteroatoms. The van der Waals surface area contributed by atoms with Crippen LogP contribution in [0.4, 0.5) is 0 Å². The van der Waals surface area contributed by atoms with Crippen molar-refractivity contribution in [3.05, 3.63) is 0 Å². The van der Waals surface area contributed by atoms with E-state index in [1.165, 1.54) is 0 Å². The average molecular weight is 641 g/mol. The number of nitrogens with one attached hydrogen (secondary N) is 1. The van der Waals surface area contributed by atoms with Gasteiger partial charge in [0, 0.05) is 55.8 Å². The number of esters is 1. The second-order valence-electron chi connectivity index (χ2n) is 10.4. The quantitative estimate of drug-likeness (QED) is 0.0638. The van der Waals surface area contributed by atoms with Crippen LogP contribution in [-0.2, 0) is 41.9 Å². The van der Waals surface area contributed by atoms with Crippen LogP contribution in [0.2, 0.25) is 6.04 Å². The van der Waals surface area contributed by atoms with Crippen LogP contribution in [0.25, 0.3) is 0 Å². The summed E-state index contributed by atoms with van der Waals surface area (Å²) in [6, 6.07) is 0.739. The van der Waals surface area contributed by atoms with E-state index in [1.54, 1.807) is 18.7 Å². The Kier molecular flexibility index (Phi) is 26.8. The highest BCUT2D eigenvalue weighted by Crippen LogP contribution is 2.21. The molecule has 250 valence electrons. The van der Waals surface area contributed by atoms with E-state index >= 15 is 0 Å². The molecule has 0 heterocycles. The number of carbonyl (C=O) groups excluding carboxylic acids is 3. The summed E-state index contributed by atoms with van der Waals surface area (Å²) < 4.78 is 32.9. The van der Waals surface area contributed by atoms with Gasteiger partial charge in [0.05, 0.1) is 18.6 Å². The normalized spacial score (nSPS) is 13.1. The minimum Gasteiger partial charge on any atom is -0.463 e. The Morgan fingerprint density at radius 3 is 1.95 bits per heavy atom. The summed E-state index contributed by atoms with van der Waals surface area (Å²) in [6.45, 7) is 20.9. The van der Waals surface area contributed by atoms with Crippen LogP contribution < -0.4 is 11.1 Å². The van der Waals surface area contributed by atoms with Crippen LogP contribution >= 0.6 is 11.8 Å². The van der Waals surface area contributed by atoms with Crippen LogP contribution in [0.15, 0.2) is 0 Å². The molecular weight excluding hydrogens is 580 g/mol. The minimum atomic E-state index is -2.55. The lowest BCUT2D eigenvalue weighted by molar-refractivity contribution is -0.157. The van der Waals surface area contributed by atoms with Crippen molar-refractivity contribution in [1.82, 2.24) is 5.32 Å². The predicted molar refractivity (Wildman–Crippen MR) is 170 cm³/mol. The van der Waals surface area contributed by atoms with E-state index in [2.05, 4.69) is 5.32 Å². The number of amides is 2. The number of thioether (sulfide) groups is 1. The second-order valence-corrected chi connectivity index (χ2v) is 14.3. The molecule has 0 bridgehead atoms. The molecule has 3 N–H and O–H groups in total. The first kappa shape index (κ1) is 42.9. The Morgan fingerprint density at radius 1 is 0.881 bits per heavy atom. The zero-order valence-corrected chi connectivity index (χ0v) is 29.5. The second kappa shape index (κ2) is 26.2. The fourth-order valence-corrected chi connectivity index (χ4v) is 6.58. The molecule has 0 aliphatic heterocycles. The van der Waals surface area contributed by atoms with Crippen molar-refractivity contribution < 1.29 is 41.9 Å². The summed E-state index contributed by atoms with van der Waals surface area (Å²) in [5, 5.41) is 2.95. The molecule has 11 nitrogen and oxygen atoms in total. The molecule has 0 radical (unpaired) electrons. The Balaban J connectivity index is 0. The maximum absolute atomic E-state index is 11.7. The van der Waals surface area contributed by atoms with Crippen molar-refractivity contribution >= 4 is 38.3 Å². The van der Waals surface area contributed by atoms with Gasteiger partial charge in [0.1, 0.15) is 13.4 Å². The van der Waals surface area contributed by atoms with Crippen LogP contribution in [0.3, 0.4) is 0 Å². The lowest BCUT2D eigenvalue weighted by Crippen LogP contribution is -2.46. The molecule has 0 aromatic heterocycles. The van der Waals surface area contributed by atoms with Crippen LogP contribution in [0.1, 0.15) is 81.6 Å². The number of carbonyl (C=O) groups is 3. The molecule has 0 saturated heterocycles. The minimum absolute atomic E-state index is 0.0719. The molecule has 0 aliphatic carbocycles. The topological polar surface area (TPSA) is 145 Å². The summed E-state index contributed by atoms with van der Waals surface area (Å²) in [5.41, 5.74) is 4.71. The SMILES string of the molecule is CCC(C)(C)C(=O)OCCOCOCCSCC(C)C(N)=O.CCO[Si](CCCNC(=O)C(C)CC)(OCC)OCC. The van der Waals surface area contributed by atoms with E-state index in [0.29, 0.717) is 45.3 Å². The van der Waals surface area contributed by atoms with Gasteiger partial charge in [0.2, 0.25) is 11.8 Å². The number of rotatable bonds is 25. The Bertz CT molecular complexity index is 700. The van der Waals surface area contributed by atoms with Gasteiger partial charge in [-0.1, -0.05) is 27.7 Å². The van der Waals surface area contributed by atoms with Crippen molar-refractivity contribution in [1.29, 1.82) is 0 Å². The molecule has 2 unspecified atom stereocenters. The molecular formula is C29H60N2O9SSi. The van der Waals surface area contributed by atoms with Gasteiger partial charge in [0.25, 0.3) is 0 Å². The van der Waals surface area contributed by atoms with Crippen molar-refractivity contribution in [2.75, 3.05) is 64.5 Å². The molecule has 2 amide bonds. The summed E-state index contributed by atoms with van der Waals surface area (Å²) >= 11 is 1.62. The highest BCUT2D eigenvalue weighted by Gasteiger charge is 2.39. The lowest BCUT2D eigenvalue weighted by Gasteiger charge is -2.28. The molecule has 0 aliphatic rings. The first-order valence-corrected chi connectivity index (χ1v) is 18.3. The largest absolute Gasteiger partial charge is 0.500 e. The maximum Gasteiger partial charge on any atom is 0.500 e. The summed E-state index contributed by atoms with van der Waals surface area (Å²) in [4.78, 5) is 34.2. The van der Waals surface area contributed by atoms with Gasteiger partial charge in [0.15, 0.2) is 0 Å². The van der Waals surface area contributed by atoms with Gasteiger partial charge in [-0.15, -0.1) is 0 Å². The Morgan fingerprint density at radius 2 is 1.45 bits per heavy atom. The number of nitrogens with two attached hydrogens (primary N) is 1. The zero-order valence-electron chi connectivity index (χ0n) is 27.7. The Labute approximate surface area is 260 Å². The van der Waals surface area contributed by atoms with Crippen molar-refractivity contribution in [2.24, 2.45) is 23.0 Å². The molecule has 0 fully saturated rings. The number of ether oxygens (including phenoxy) is 3. The van der Waals surface area contributed by atoms with Gasteiger partial charge >= 0.3 is 14.8 Å². The molecule has 0 rings (SSSR count). The molecule has 0 aromatic rings. The van der Waals surface area contributed by atoms with Gasteiger partial charge in [-0.05, 0) is 53.9 Å². The number of hydrogen-bond acceptors (Lipinski definition) is 10. The smallest absolute Gasteiger partial charge is 0.463 e. The highest BCUT2D eigenvalue weighted by molar-refractivity contribution is 7.99. The fourth-order valence-electron chi connectivity index (χ4n) is 3.05. The van der Waals surface area contributed by atoms with E-state index in [-0.39, 0.29) is 43.0 Å². The zero-order chi connectivity index (χ0) is 32.4. The molecule has 42 heavy (non-hydrogen) atoms. The summed E-state index contributed by atoms with van der Waals surface area (Å²) in [5.74, 6) is 1.05. The van der Waals surface area contributed by atoms with Gasteiger partial charge in [-0.25, -0.2) is 0 Å². The van der Waals surface area contributed by atoms with Crippen molar-refractivity contribution in [2.45, 2.75) is 87.6 Å². The lowest BCUT2D eigenvalue weighted by atomic mass is 9.91. The highest BCUT2D eigenvalue weighted by atomic mass is 32.2. The Hall–Kier alpha value is -1.22. The summed E-state index contributed by atoms with van der Waals surface area (Å²) in [7, 11) is -2.55. The first-order valence-electron chi connectivity index (χ1n) is 15.2. The standard InChI is InChI=1S/C15H29NO5S.C14H31NO4Si/c1-5-15(3,4)14(18)21-7-6-19-11-20-8-9-22-10-12(2)13(16)17;1-6-13(5)14(16)15-11-10-12-20(17-7-2,18-8-3)19-9-4/h12H,5-11H2,1-4H3,(H2,16,17);13H,6-12H2,1-5H3,(H,15,16). The third-order valence-corrected chi connectivity index (χ3v) is 10.7. The van der Waals surface area contributed by atoms with Crippen LogP contribution in [0.5, 0.6) is 0 Å².